The van der Waals surface area contributed by atoms with Crippen molar-refractivity contribution in [2.45, 2.75) is 32.7 Å². The standard InChI is InChI=1S/C11H16N4O2/c1-7-8(2)13-14-11(12-7)15-6-4-5-9(15)10(16)17-3/h9H,4-6H2,1-3H3. The van der Waals surface area contributed by atoms with E-state index in [0.717, 1.165) is 30.8 Å². The fourth-order valence-electron chi connectivity index (χ4n) is 1.95. The van der Waals surface area contributed by atoms with Crippen LogP contribution in [0.25, 0.3) is 0 Å². The molecule has 0 N–H and O–H groups in total. The van der Waals surface area contributed by atoms with Crippen molar-refractivity contribution < 1.29 is 9.53 Å². The molecule has 0 aromatic carbocycles. The van der Waals surface area contributed by atoms with Gasteiger partial charge in [-0.2, -0.15) is 5.10 Å². The second-order valence-electron chi connectivity index (χ2n) is 4.16. The van der Waals surface area contributed by atoms with Crippen LogP contribution in [-0.4, -0.2) is 40.8 Å². The summed E-state index contributed by atoms with van der Waals surface area (Å²) >= 11 is 0. The van der Waals surface area contributed by atoms with Gasteiger partial charge in [0.15, 0.2) is 0 Å². The van der Waals surface area contributed by atoms with E-state index in [1.807, 2.05) is 18.7 Å². The smallest absolute Gasteiger partial charge is 0.328 e. The number of carbonyl (C=O) groups excluding carboxylic acids is 1. The fraction of sp³-hybridized carbons (Fsp3) is 0.636. The summed E-state index contributed by atoms with van der Waals surface area (Å²) < 4.78 is 4.78. The van der Waals surface area contributed by atoms with Gasteiger partial charge in [-0.3, -0.25) is 0 Å². The van der Waals surface area contributed by atoms with Gasteiger partial charge < -0.3 is 9.64 Å². The van der Waals surface area contributed by atoms with Crippen molar-refractivity contribution in [3.05, 3.63) is 11.4 Å². The van der Waals surface area contributed by atoms with E-state index in [4.69, 9.17) is 4.74 Å². The summed E-state index contributed by atoms with van der Waals surface area (Å²) in [5.74, 6) is 0.283. The van der Waals surface area contributed by atoms with Gasteiger partial charge in [0.05, 0.1) is 18.5 Å². The zero-order valence-electron chi connectivity index (χ0n) is 10.3. The Balaban J connectivity index is 2.26. The first-order chi connectivity index (χ1) is 8.13. The Kier molecular flexibility index (Phi) is 3.21. The van der Waals surface area contributed by atoms with Gasteiger partial charge in [0, 0.05) is 6.54 Å². The monoisotopic (exact) mass is 236 g/mol. The summed E-state index contributed by atoms with van der Waals surface area (Å²) in [5.41, 5.74) is 1.65. The van der Waals surface area contributed by atoms with Crippen LogP contribution in [0.4, 0.5) is 5.95 Å². The summed E-state index contributed by atoms with van der Waals surface area (Å²) in [6.45, 7) is 4.52. The molecular weight excluding hydrogens is 220 g/mol. The minimum absolute atomic E-state index is 0.232. The molecule has 0 aliphatic carbocycles. The third kappa shape index (κ3) is 2.20. The van der Waals surface area contributed by atoms with E-state index < -0.39 is 0 Å². The van der Waals surface area contributed by atoms with Gasteiger partial charge in [0.1, 0.15) is 6.04 Å². The first kappa shape index (κ1) is 11.8. The van der Waals surface area contributed by atoms with Crippen LogP contribution >= 0.6 is 0 Å². The highest BCUT2D eigenvalue weighted by Crippen LogP contribution is 2.23. The summed E-state index contributed by atoms with van der Waals surface area (Å²) in [5, 5.41) is 8.08. The summed E-state index contributed by atoms with van der Waals surface area (Å²) in [6, 6.07) is -0.274. The third-order valence-corrected chi connectivity index (χ3v) is 3.06. The van der Waals surface area contributed by atoms with Crippen LogP contribution in [0.2, 0.25) is 0 Å². The van der Waals surface area contributed by atoms with E-state index in [-0.39, 0.29) is 12.0 Å². The molecule has 92 valence electrons. The first-order valence-corrected chi connectivity index (χ1v) is 5.66. The van der Waals surface area contributed by atoms with E-state index in [9.17, 15) is 4.79 Å². The molecule has 1 aromatic rings. The van der Waals surface area contributed by atoms with Crippen LogP contribution < -0.4 is 4.90 Å². The third-order valence-electron chi connectivity index (χ3n) is 3.06. The zero-order valence-corrected chi connectivity index (χ0v) is 10.3. The topological polar surface area (TPSA) is 68.2 Å². The van der Waals surface area contributed by atoms with Gasteiger partial charge in [-0.05, 0) is 26.7 Å². The molecule has 1 aliphatic heterocycles. The maximum atomic E-state index is 11.6. The van der Waals surface area contributed by atoms with E-state index in [0.29, 0.717) is 5.95 Å². The second-order valence-corrected chi connectivity index (χ2v) is 4.16. The van der Waals surface area contributed by atoms with Crippen LogP contribution in [-0.2, 0) is 9.53 Å². The lowest BCUT2D eigenvalue weighted by Gasteiger charge is -2.22. The van der Waals surface area contributed by atoms with Crippen molar-refractivity contribution in [1.29, 1.82) is 0 Å². The molecule has 17 heavy (non-hydrogen) atoms. The van der Waals surface area contributed by atoms with Gasteiger partial charge in [0.2, 0.25) is 5.95 Å². The van der Waals surface area contributed by atoms with Crippen molar-refractivity contribution >= 4 is 11.9 Å². The van der Waals surface area contributed by atoms with Gasteiger partial charge in [0.25, 0.3) is 0 Å². The summed E-state index contributed by atoms with van der Waals surface area (Å²) in [7, 11) is 1.40. The van der Waals surface area contributed by atoms with Gasteiger partial charge >= 0.3 is 5.97 Å². The number of aromatic nitrogens is 3. The lowest BCUT2D eigenvalue weighted by molar-refractivity contribution is -0.141. The Bertz CT molecular complexity index is 435. The highest BCUT2D eigenvalue weighted by atomic mass is 16.5. The van der Waals surface area contributed by atoms with Crippen LogP contribution in [0.1, 0.15) is 24.2 Å². The molecule has 1 unspecified atom stereocenters. The van der Waals surface area contributed by atoms with Crippen molar-refractivity contribution in [2.75, 3.05) is 18.6 Å². The molecule has 1 saturated heterocycles. The lowest BCUT2D eigenvalue weighted by atomic mass is 10.2. The minimum Gasteiger partial charge on any atom is -0.467 e. The molecule has 0 spiro atoms. The molecule has 1 fully saturated rings. The normalized spacial score (nSPS) is 19.5. The number of carbonyl (C=O) groups is 1. The van der Waals surface area contributed by atoms with E-state index in [1.54, 1.807) is 0 Å². The zero-order chi connectivity index (χ0) is 12.4. The average molecular weight is 236 g/mol. The Morgan fingerprint density at radius 3 is 2.76 bits per heavy atom. The van der Waals surface area contributed by atoms with Gasteiger partial charge in [-0.1, -0.05) is 0 Å². The Labute approximate surface area is 100 Å². The molecule has 2 heterocycles. The maximum absolute atomic E-state index is 11.6. The van der Waals surface area contributed by atoms with Crippen molar-refractivity contribution in [3.63, 3.8) is 0 Å². The number of anilines is 1. The SMILES string of the molecule is COC(=O)C1CCCN1c1nnc(C)c(C)n1. The number of aryl methyl sites for hydroxylation is 2. The number of esters is 1. The van der Waals surface area contributed by atoms with Crippen molar-refractivity contribution in [1.82, 2.24) is 15.2 Å². The molecule has 6 nitrogen and oxygen atoms in total. The lowest BCUT2D eigenvalue weighted by Crippen LogP contribution is -2.38. The molecule has 0 radical (unpaired) electrons. The quantitative estimate of drug-likeness (QED) is 0.701. The van der Waals surface area contributed by atoms with Crippen LogP contribution in [0.3, 0.4) is 0 Å². The minimum atomic E-state index is -0.274. The molecule has 0 saturated carbocycles. The average Bonchev–Trinajstić information content (AvgIpc) is 2.80. The number of methoxy groups -OCH3 is 1. The highest BCUT2D eigenvalue weighted by Gasteiger charge is 2.33. The van der Waals surface area contributed by atoms with E-state index in [2.05, 4.69) is 15.2 Å². The number of ether oxygens (including phenoxy) is 1. The van der Waals surface area contributed by atoms with Gasteiger partial charge in [-0.15, -0.1) is 5.10 Å². The summed E-state index contributed by atoms with van der Waals surface area (Å²) in [4.78, 5) is 17.8. The first-order valence-electron chi connectivity index (χ1n) is 5.66. The predicted molar refractivity (Wildman–Crippen MR) is 61.7 cm³/mol. The Morgan fingerprint density at radius 1 is 1.35 bits per heavy atom. The number of hydrogen-bond acceptors (Lipinski definition) is 6. The van der Waals surface area contributed by atoms with Crippen molar-refractivity contribution in [2.24, 2.45) is 0 Å². The molecule has 2 rings (SSSR count). The van der Waals surface area contributed by atoms with E-state index >= 15 is 0 Å². The number of nitrogens with zero attached hydrogens (tertiary/aromatic N) is 4. The second kappa shape index (κ2) is 4.65. The Morgan fingerprint density at radius 2 is 2.12 bits per heavy atom. The van der Waals surface area contributed by atoms with Crippen LogP contribution in [0.15, 0.2) is 0 Å². The molecule has 1 atom stereocenters. The largest absolute Gasteiger partial charge is 0.467 e. The Hall–Kier alpha value is -1.72. The van der Waals surface area contributed by atoms with Gasteiger partial charge in [-0.25, -0.2) is 9.78 Å². The predicted octanol–water partition coefficient (Wildman–Crippen LogP) is 0.630. The summed E-state index contributed by atoms with van der Waals surface area (Å²) in [6.07, 6.45) is 1.72. The number of hydrogen-bond donors (Lipinski definition) is 0. The van der Waals surface area contributed by atoms with Crippen LogP contribution in [0, 0.1) is 13.8 Å². The maximum Gasteiger partial charge on any atom is 0.328 e. The molecule has 1 aliphatic rings. The fourth-order valence-corrected chi connectivity index (χ4v) is 1.95. The highest BCUT2D eigenvalue weighted by molar-refractivity contribution is 5.79. The molecule has 0 amide bonds. The molecule has 1 aromatic heterocycles. The van der Waals surface area contributed by atoms with E-state index in [1.165, 1.54) is 7.11 Å². The number of rotatable bonds is 2. The van der Waals surface area contributed by atoms with Crippen LogP contribution in [0.5, 0.6) is 0 Å². The molecule has 0 bridgehead atoms. The van der Waals surface area contributed by atoms with Crippen molar-refractivity contribution in [3.8, 4) is 0 Å². The molecule has 6 heteroatoms. The molecular formula is C11H16N4O2.